The zero-order valence-electron chi connectivity index (χ0n) is 23.0. The third kappa shape index (κ3) is 6.56. The van der Waals surface area contributed by atoms with Gasteiger partial charge < -0.3 is 19.9 Å². The van der Waals surface area contributed by atoms with E-state index in [4.69, 9.17) is 14.5 Å². The number of carbonyl (C=O) groups is 1. The fourth-order valence-corrected chi connectivity index (χ4v) is 6.08. The molecule has 0 bridgehead atoms. The number of carboxylic acids is 1. The molecule has 0 amide bonds. The molecule has 0 radical (unpaired) electrons. The number of anilines is 1. The first kappa shape index (κ1) is 27.1. The fraction of sp³-hybridized carbons (Fsp3) is 0.613. The lowest BCUT2D eigenvalue weighted by Gasteiger charge is -2.36. The molecule has 0 saturated carbocycles. The highest BCUT2D eigenvalue weighted by molar-refractivity contribution is 5.76. The van der Waals surface area contributed by atoms with Crippen molar-refractivity contribution in [1.82, 2.24) is 9.88 Å². The highest BCUT2D eigenvalue weighted by Gasteiger charge is 2.37. The normalized spacial score (nSPS) is 23.9. The molecule has 2 fully saturated rings. The molecular formula is C31H43N3O4. The number of ether oxygens (including phenoxy) is 2. The average Bonchev–Trinajstić information content (AvgIpc) is 3.37. The number of aromatic nitrogens is 1. The summed E-state index contributed by atoms with van der Waals surface area (Å²) in [6.07, 6.45) is 8.13. The molecule has 4 heterocycles. The van der Waals surface area contributed by atoms with E-state index < -0.39 is 12.0 Å². The van der Waals surface area contributed by atoms with Crippen LogP contribution in [0.3, 0.4) is 0 Å². The molecule has 5 rings (SSSR count). The standard InChI is InChI=1S/C31H43N3O4/c1-31(2)16-14-27(38-21-31)25-10-3-4-11-26(25)28(30(35)36)34-18-15-24(20-34)37-19-6-5-9-23-13-12-22-8-7-17-32-29(22)33-23/h3-4,10-13,24,27-28H,5-9,14-21H2,1-2H3,(H,32,33)(H,35,36)/t24-,27?,28-/m1/s1. The number of pyridine rings is 1. The van der Waals surface area contributed by atoms with E-state index in [9.17, 15) is 9.90 Å². The van der Waals surface area contributed by atoms with E-state index in [1.807, 2.05) is 24.3 Å². The Morgan fingerprint density at radius 1 is 1.24 bits per heavy atom. The Balaban J connectivity index is 1.12. The molecule has 3 atom stereocenters. The van der Waals surface area contributed by atoms with E-state index in [1.165, 1.54) is 12.0 Å². The highest BCUT2D eigenvalue weighted by Crippen LogP contribution is 2.40. The smallest absolute Gasteiger partial charge is 0.325 e. The average molecular weight is 522 g/mol. The number of carboxylic acid groups (broad SMARTS) is 1. The van der Waals surface area contributed by atoms with Crippen molar-refractivity contribution in [3.05, 3.63) is 58.8 Å². The minimum absolute atomic E-state index is 0.0453. The van der Waals surface area contributed by atoms with Gasteiger partial charge in [0, 0.05) is 31.9 Å². The third-order valence-electron chi connectivity index (χ3n) is 8.30. The molecule has 0 spiro atoms. The Labute approximate surface area is 226 Å². The molecule has 2 aromatic rings. The number of aryl methyl sites for hydroxylation is 2. The zero-order chi connectivity index (χ0) is 26.5. The van der Waals surface area contributed by atoms with Crippen molar-refractivity contribution in [2.45, 2.75) is 83.5 Å². The predicted octanol–water partition coefficient (Wildman–Crippen LogP) is 5.56. The van der Waals surface area contributed by atoms with E-state index in [1.54, 1.807) is 0 Å². The van der Waals surface area contributed by atoms with Gasteiger partial charge in [0.1, 0.15) is 11.9 Å². The van der Waals surface area contributed by atoms with Crippen LogP contribution in [0.25, 0.3) is 0 Å². The van der Waals surface area contributed by atoms with E-state index >= 15 is 0 Å². The SMILES string of the molecule is CC1(C)CCC(c2ccccc2[C@H](C(=O)O)N2CC[C@@H](OCCCCc3ccc4c(n3)NCCC4)C2)OC1. The molecular weight excluding hydrogens is 478 g/mol. The van der Waals surface area contributed by atoms with Crippen LogP contribution in [0.15, 0.2) is 36.4 Å². The summed E-state index contributed by atoms with van der Waals surface area (Å²) < 4.78 is 12.4. The Morgan fingerprint density at radius 3 is 2.92 bits per heavy atom. The lowest BCUT2D eigenvalue weighted by molar-refractivity contribution is -0.143. The maximum atomic E-state index is 12.5. The first-order chi connectivity index (χ1) is 18.4. The van der Waals surface area contributed by atoms with Crippen LogP contribution in [0, 0.1) is 5.41 Å². The van der Waals surface area contributed by atoms with Crippen molar-refractivity contribution >= 4 is 11.8 Å². The molecule has 3 aliphatic rings. The van der Waals surface area contributed by atoms with Gasteiger partial charge in [-0.05, 0) is 79.5 Å². The molecule has 2 saturated heterocycles. The molecule has 1 aromatic carbocycles. The van der Waals surface area contributed by atoms with Crippen molar-refractivity contribution in [2.75, 3.05) is 38.2 Å². The van der Waals surface area contributed by atoms with Gasteiger partial charge in [0.05, 0.1) is 18.8 Å². The van der Waals surface area contributed by atoms with Crippen molar-refractivity contribution in [2.24, 2.45) is 5.41 Å². The molecule has 2 N–H and O–H groups in total. The van der Waals surface area contributed by atoms with Crippen LogP contribution < -0.4 is 5.32 Å². The maximum absolute atomic E-state index is 12.5. The zero-order valence-corrected chi connectivity index (χ0v) is 23.0. The van der Waals surface area contributed by atoms with Gasteiger partial charge >= 0.3 is 5.97 Å². The number of hydrogen-bond acceptors (Lipinski definition) is 6. The molecule has 0 aliphatic carbocycles. The largest absolute Gasteiger partial charge is 0.480 e. The van der Waals surface area contributed by atoms with E-state index in [2.05, 4.69) is 36.2 Å². The molecule has 206 valence electrons. The Morgan fingerprint density at radius 2 is 2.11 bits per heavy atom. The van der Waals surface area contributed by atoms with Crippen LogP contribution in [0.2, 0.25) is 0 Å². The van der Waals surface area contributed by atoms with Crippen LogP contribution in [-0.2, 0) is 27.1 Å². The molecule has 1 unspecified atom stereocenters. The van der Waals surface area contributed by atoms with Crippen molar-refractivity contribution < 1.29 is 19.4 Å². The Kier molecular flexibility index (Phi) is 8.66. The van der Waals surface area contributed by atoms with Crippen LogP contribution in [-0.4, -0.2) is 59.9 Å². The van der Waals surface area contributed by atoms with Gasteiger partial charge in [0.15, 0.2) is 0 Å². The molecule has 7 nitrogen and oxygen atoms in total. The van der Waals surface area contributed by atoms with E-state index in [-0.39, 0.29) is 17.6 Å². The summed E-state index contributed by atoms with van der Waals surface area (Å²) in [5.74, 6) is 0.255. The predicted molar refractivity (Wildman–Crippen MR) is 148 cm³/mol. The number of likely N-dealkylation sites (tertiary alicyclic amines) is 1. The number of hydrogen-bond donors (Lipinski definition) is 2. The third-order valence-corrected chi connectivity index (χ3v) is 8.30. The number of unbranched alkanes of at least 4 members (excludes halogenated alkanes) is 1. The number of rotatable bonds is 10. The van der Waals surface area contributed by atoms with Gasteiger partial charge in [-0.2, -0.15) is 0 Å². The summed E-state index contributed by atoms with van der Waals surface area (Å²) in [6, 6.07) is 11.6. The van der Waals surface area contributed by atoms with Crippen molar-refractivity contribution in [1.29, 1.82) is 0 Å². The minimum Gasteiger partial charge on any atom is -0.480 e. The molecule has 3 aliphatic heterocycles. The van der Waals surface area contributed by atoms with Crippen LogP contribution in [0.5, 0.6) is 0 Å². The second-order valence-corrected chi connectivity index (χ2v) is 11.9. The summed E-state index contributed by atoms with van der Waals surface area (Å²) in [6.45, 7) is 8.22. The van der Waals surface area contributed by atoms with Crippen molar-refractivity contribution in [3.63, 3.8) is 0 Å². The Bertz CT molecular complexity index is 1090. The lowest BCUT2D eigenvalue weighted by Crippen LogP contribution is -2.35. The summed E-state index contributed by atoms with van der Waals surface area (Å²) in [5.41, 5.74) is 4.51. The van der Waals surface area contributed by atoms with E-state index in [0.29, 0.717) is 19.8 Å². The quantitative estimate of drug-likeness (QED) is 0.396. The van der Waals surface area contributed by atoms with Crippen molar-refractivity contribution in [3.8, 4) is 0 Å². The molecule has 38 heavy (non-hydrogen) atoms. The van der Waals surface area contributed by atoms with Gasteiger partial charge in [0.25, 0.3) is 0 Å². The number of nitrogens with zero attached hydrogens (tertiary/aromatic N) is 2. The molecule has 7 heteroatoms. The monoisotopic (exact) mass is 521 g/mol. The topological polar surface area (TPSA) is 83.9 Å². The first-order valence-corrected chi connectivity index (χ1v) is 14.4. The Hall–Kier alpha value is -2.48. The number of fused-ring (bicyclic) bond motifs is 1. The number of benzene rings is 1. The summed E-state index contributed by atoms with van der Waals surface area (Å²) >= 11 is 0. The molecule has 1 aromatic heterocycles. The van der Waals surface area contributed by atoms with Crippen LogP contribution in [0.1, 0.15) is 86.9 Å². The number of nitrogens with one attached hydrogen (secondary N) is 1. The first-order valence-electron chi connectivity index (χ1n) is 14.4. The second kappa shape index (κ2) is 12.1. The van der Waals surface area contributed by atoms with Gasteiger partial charge in [-0.25, -0.2) is 4.98 Å². The van der Waals surface area contributed by atoms with Gasteiger partial charge in [-0.3, -0.25) is 9.69 Å². The van der Waals surface area contributed by atoms with Crippen LogP contribution in [0.4, 0.5) is 5.82 Å². The minimum atomic E-state index is -0.804. The summed E-state index contributed by atoms with van der Waals surface area (Å²) in [4.78, 5) is 19.4. The highest BCUT2D eigenvalue weighted by atomic mass is 16.5. The summed E-state index contributed by atoms with van der Waals surface area (Å²) in [7, 11) is 0. The van der Waals surface area contributed by atoms with E-state index in [0.717, 1.165) is 80.7 Å². The maximum Gasteiger partial charge on any atom is 0.325 e. The fourth-order valence-electron chi connectivity index (χ4n) is 6.08. The summed E-state index contributed by atoms with van der Waals surface area (Å²) in [5, 5.41) is 13.7. The second-order valence-electron chi connectivity index (χ2n) is 11.9. The lowest BCUT2D eigenvalue weighted by atomic mass is 9.82. The van der Waals surface area contributed by atoms with Gasteiger partial charge in [-0.1, -0.05) is 44.2 Å². The van der Waals surface area contributed by atoms with Crippen LogP contribution >= 0.6 is 0 Å². The van der Waals surface area contributed by atoms with Gasteiger partial charge in [0.2, 0.25) is 0 Å². The van der Waals surface area contributed by atoms with Gasteiger partial charge in [-0.15, -0.1) is 0 Å². The number of aliphatic carboxylic acids is 1.